The summed E-state index contributed by atoms with van der Waals surface area (Å²) < 4.78 is 10.9. The summed E-state index contributed by atoms with van der Waals surface area (Å²) in [5, 5.41) is 4.93. The van der Waals surface area contributed by atoms with Crippen LogP contribution in [0.15, 0.2) is 54.6 Å². The number of aromatic amines is 2. The standard InChI is InChI=1S/C43H51N7O5.4H2S/c1-25(2)26(3)41(51)49-20-7-10-35(49)39-44-32-19-17-30-23-29(16-18-31(30)38(32)48-39)27-12-14-28(15-13-27)37-34-24-55-22-6-5-9-33(46-43(53)54-4)42(52)50-21-8-11-36(50)40(45-34)47-37;;;;/h12-19,23,25-26,33,35-36H,5-11,20-22,24H2,1-4H3,(H,44,48)(H,45,47)(H,46,53);4*1H2/t26-,33-,35-,36-;;;;/m0..../s1. The fraction of sp³-hybridized carbons (Fsp3) is 0.465. The van der Waals surface area contributed by atoms with E-state index in [1.165, 1.54) is 7.11 Å². The molecule has 0 spiro atoms. The van der Waals surface area contributed by atoms with E-state index < -0.39 is 12.1 Å². The Morgan fingerprint density at radius 1 is 0.814 bits per heavy atom. The highest BCUT2D eigenvalue weighted by Gasteiger charge is 2.37. The molecule has 2 bridgehead atoms. The van der Waals surface area contributed by atoms with Crippen molar-refractivity contribution < 1.29 is 23.9 Å². The summed E-state index contributed by atoms with van der Waals surface area (Å²) in [6.45, 7) is 8.54. The van der Waals surface area contributed by atoms with Gasteiger partial charge in [0.15, 0.2) is 0 Å². The number of benzene rings is 3. The minimum atomic E-state index is -0.661. The third-order valence-electron chi connectivity index (χ3n) is 11.9. The number of carbonyl (C=O) groups excluding carboxylic acids is 3. The lowest BCUT2D eigenvalue weighted by atomic mass is 9.96. The normalized spacial score (nSPS) is 19.9. The number of ether oxygens (including phenoxy) is 2. The number of likely N-dealkylation sites (tertiary alicyclic amines) is 1. The summed E-state index contributed by atoms with van der Waals surface area (Å²) >= 11 is 0. The SMILES string of the molecule is COC(=O)N[C@H]1CCCCOCc2[nH]c(nc2-c2ccc(-c3ccc4c(ccc5[nH]c([C@@H]6CCCN6C(=O)[C@@H](C)C(C)C)nc54)c3)cc2)[C@@H]2CCCN2C1=O.S.S.S.S. The maximum absolute atomic E-state index is 13.8. The number of fused-ring (bicyclic) bond motifs is 7. The summed E-state index contributed by atoms with van der Waals surface area (Å²) in [5.74, 6) is 1.98. The van der Waals surface area contributed by atoms with Gasteiger partial charge in [-0.15, -0.1) is 0 Å². The lowest BCUT2D eigenvalue weighted by Crippen LogP contribution is -2.48. The van der Waals surface area contributed by atoms with E-state index in [4.69, 9.17) is 19.4 Å². The Morgan fingerprint density at radius 2 is 1.51 bits per heavy atom. The molecule has 5 aromatic rings. The summed E-state index contributed by atoms with van der Waals surface area (Å²) in [6.07, 6.45) is 4.95. The van der Waals surface area contributed by atoms with Gasteiger partial charge in [-0.05, 0) is 79.5 Å². The average Bonchev–Trinajstić information content (AvgIpc) is 4.03. The summed E-state index contributed by atoms with van der Waals surface area (Å²) in [7, 11) is 1.31. The average molecular weight is 882 g/mol. The molecule has 8 rings (SSSR count). The first kappa shape index (κ1) is 47.8. The molecule has 2 saturated heterocycles. The molecule has 3 N–H and O–H groups in total. The third kappa shape index (κ3) is 9.72. The quantitative estimate of drug-likeness (QED) is 0.156. The molecule has 3 aromatic carbocycles. The summed E-state index contributed by atoms with van der Waals surface area (Å²) in [6, 6.07) is 18.3. The fourth-order valence-corrected chi connectivity index (χ4v) is 8.47. The van der Waals surface area contributed by atoms with Crippen molar-refractivity contribution in [1.29, 1.82) is 0 Å². The molecule has 2 fully saturated rings. The molecule has 3 amide bonds. The molecule has 2 aromatic heterocycles. The molecule has 0 unspecified atom stereocenters. The number of imidazole rings is 2. The van der Waals surface area contributed by atoms with E-state index in [0.29, 0.717) is 32.1 Å². The van der Waals surface area contributed by atoms with E-state index in [1.807, 2.05) is 16.7 Å². The molecule has 5 heterocycles. The minimum absolute atomic E-state index is 0. The maximum atomic E-state index is 13.8. The van der Waals surface area contributed by atoms with Crippen LogP contribution in [0, 0.1) is 11.8 Å². The molecule has 4 atom stereocenters. The van der Waals surface area contributed by atoms with Crippen molar-refractivity contribution in [3.63, 3.8) is 0 Å². The van der Waals surface area contributed by atoms with Gasteiger partial charge in [0.2, 0.25) is 11.8 Å². The van der Waals surface area contributed by atoms with Crippen molar-refractivity contribution in [1.82, 2.24) is 35.1 Å². The number of amides is 3. The largest absolute Gasteiger partial charge is 0.453 e. The first-order chi connectivity index (χ1) is 26.7. The van der Waals surface area contributed by atoms with Crippen LogP contribution in [0.3, 0.4) is 0 Å². The highest BCUT2D eigenvalue weighted by atomic mass is 32.1. The van der Waals surface area contributed by atoms with Crippen LogP contribution in [0.2, 0.25) is 0 Å². The molecule has 16 heteroatoms. The molecule has 3 aliphatic heterocycles. The number of hydrogen-bond acceptors (Lipinski definition) is 7. The molecule has 0 aliphatic carbocycles. The highest BCUT2D eigenvalue weighted by Crippen LogP contribution is 2.37. The second-order valence-corrected chi connectivity index (χ2v) is 15.7. The molecule has 12 nitrogen and oxygen atoms in total. The first-order valence-corrected chi connectivity index (χ1v) is 19.8. The van der Waals surface area contributed by atoms with Crippen molar-refractivity contribution in [2.24, 2.45) is 11.8 Å². The van der Waals surface area contributed by atoms with E-state index in [1.54, 1.807) is 0 Å². The molecular formula is C43H59N7O5S4. The van der Waals surface area contributed by atoms with Gasteiger partial charge in [0.1, 0.15) is 17.7 Å². The fourth-order valence-electron chi connectivity index (χ4n) is 8.47. The predicted molar refractivity (Wildman–Crippen MR) is 252 cm³/mol. The van der Waals surface area contributed by atoms with Gasteiger partial charge in [0.05, 0.1) is 48.2 Å². The van der Waals surface area contributed by atoms with E-state index in [9.17, 15) is 14.4 Å². The van der Waals surface area contributed by atoms with E-state index >= 15 is 0 Å². The Bertz CT molecular complexity index is 2230. The Labute approximate surface area is 374 Å². The van der Waals surface area contributed by atoms with Crippen LogP contribution in [0.5, 0.6) is 0 Å². The van der Waals surface area contributed by atoms with Crippen LogP contribution in [0.25, 0.3) is 44.2 Å². The number of aromatic nitrogens is 4. The van der Waals surface area contributed by atoms with E-state index in [2.05, 4.69) is 83.7 Å². The first-order valence-electron chi connectivity index (χ1n) is 19.8. The highest BCUT2D eigenvalue weighted by molar-refractivity contribution is 7.59. The number of hydrogen-bond donors (Lipinski definition) is 3. The van der Waals surface area contributed by atoms with Gasteiger partial charge >= 0.3 is 6.09 Å². The predicted octanol–water partition coefficient (Wildman–Crippen LogP) is 8.27. The Hall–Kier alpha value is -3.83. The van der Waals surface area contributed by atoms with Crippen LogP contribution in [0.4, 0.5) is 4.79 Å². The zero-order chi connectivity index (χ0) is 38.2. The number of rotatable bonds is 6. The molecule has 320 valence electrons. The zero-order valence-corrected chi connectivity index (χ0v) is 38.2. The number of methoxy groups -OCH3 is 1. The zero-order valence-electron chi connectivity index (χ0n) is 34.2. The van der Waals surface area contributed by atoms with Crippen LogP contribution in [0.1, 0.15) is 95.1 Å². The number of nitrogens with zero attached hydrogens (tertiary/aromatic N) is 4. The number of nitrogens with one attached hydrogen (secondary N) is 3. The van der Waals surface area contributed by atoms with Crippen LogP contribution in [-0.2, 0) is 25.7 Å². The molecule has 0 saturated carbocycles. The van der Waals surface area contributed by atoms with Gasteiger partial charge in [0, 0.05) is 36.6 Å². The summed E-state index contributed by atoms with van der Waals surface area (Å²) in [5.41, 5.74) is 6.76. The van der Waals surface area contributed by atoms with Gasteiger partial charge in [-0.2, -0.15) is 54.0 Å². The van der Waals surface area contributed by atoms with Crippen molar-refractivity contribution in [3.05, 3.63) is 71.9 Å². The Morgan fingerprint density at radius 3 is 2.25 bits per heavy atom. The second-order valence-electron chi connectivity index (χ2n) is 15.7. The Balaban J connectivity index is 0.00000192. The van der Waals surface area contributed by atoms with Gasteiger partial charge < -0.3 is 34.6 Å². The van der Waals surface area contributed by atoms with E-state index in [-0.39, 0.29) is 83.8 Å². The van der Waals surface area contributed by atoms with Gasteiger partial charge in [-0.25, -0.2) is 14.8 Å². The lowest BCUT2D eigenvalue weighted by molar-refractivity contribution is -0.137. The van der Waals surface area contributed by atoms with Crippen molar-refractivity contribution >= 4 is 93.7 Å². The van der Waals surface area contributed by atoms with Crippen LogP contribution in [-0.4, -0.2) is 80.5 Å². The van der Waals surface area contributed by atoms with Crippen LogP contribution < -0.4 is 5.32 Å². The third-order valence-corrected chi connectivity index (χ3v) is 11.9. The van der Waals surface area contributed by atoms with Gasteiger partial charge in [-0.3, -0.25) is 9.59 Å². The molecule has 3 aliphatic rings. The number of alkyl carbamates (subject to hydrolysis) is 1. The molecule has 0 radical (unpaired) electrons. The van der Waals surface area contributed by atoms with Gasteiger partial charge in [0.25, 0.3) is 0 Å². The monoisotopic (exact) mass is 881 g/mol. The van der Waals surface area contributed by atoms with Gasteiger partial charge in [-0.1, -0.05) is 63.2 Å². The van der Waals surface area contributed by atoms with Crippen molar-refractivity contribution in [2.45, 2.75) is 90.4 Å². The van der Waals surface area contributed by atoms with Crippen LogP contribution >= 0.6 is 54.0 Å². The molecular weight excluding hydrogens is 823 g/mol. The number of H-pyrrole nitrogens is 2. The van der Waals surface area contributed by atoms with E-state index in [0.717, 1.165) is 107 Å². The lowest BCUT2D eigenvalue weighted by Gasteiger charge is -2.28. The number of carbonyl (C=O) groups is 3. The maximum Gasteiger partial charge on any atom is 0.407 e. The summed E-state index contributed by atoms with van der Waals surface area (Å²) in [4.78, 5) is 60.4. The minimum Gasteiger partial charge on any atom is -0.453 e. The molecule has 59 heavy (non-hydrogen) atoms. The topological polar surface area (TPSA) is 146 Å². The van der Waals surface area contributed by atoms with Crippen molar-refractivity contribution in [2.75, 3.05) is 26.8 Å². The smallest absolute Gasteiger partial charge is 0.407 e. The Kier molecular flexibility index (Phi) is 16.7. The second kappa shape index (κ2) is 20.6. The van der Waals surface area contributed by atoms with Crippen molar-refractivity contribution in [3.8, 4) is 22.4 Å².